The van der Waals surface area contributed by atoms with E-state index < -0.39 is 0 Å². The first-order valence-corrected chi connectivity index (χ1v) is 5.01. The molecule has 1 aliphatic heterocycles. The summed E-state index contributed by atoms with van der Waals surface area (Å²) in [5, 5.41) is 0. The molecular formula is C10H13N3O2. The smallest absolute Gasteiger partial charge is 0.232 e. The summed E-state index contributed by atoms with van der Waals surface area (Å²) >= 11 is 0. The number of nitrogens with zero attached hydrogens (tertiary/aromatic N) is 2. The van der Waals surface area contributed by atoms with Crippen molar-refractivity contribution in [3.63, 3.8) is 0 Å². The Labute approximate surface area is 87.5 Å². The highest BCUT2D eigenvalue weighted by molar-refractivity contribution is 6.03. The molecule has 1 aromatic rings. The van der Waals surface area contributed by atoms with E-state index in [1.807, 2.05) is 0 Å². The fourth-order valence-corrected chi connectivity index (χ4v) is 1.74. The third kappa shape index (κ3) is 1.91. The zero-order chi connectivity index (χ0) is 10.8. The van der Waals surface area contributed by atoms with Crippen LogP contribution in [0.15, 0.2) is 12.4 Å². The van der Waals surface area contributed by atoms with Crippen LogP contribution in [0.25, 0.3) is 0 Å². The van der Waals surface area contributed by atoms with Crippen LogP contribution in [0.1, 0.15) is 19.2 Å². The zero-order valence-corrected chi connectivity index (χ0v) is 8.56. The second-order valence-electron chi connectivity index (χ2n) is 3.77. The molecule has 5 heteroatoms. The highest BCUT2D eigenvalue weighted by Gasteiger charge is 2.34. The first-order valence-electron chi connectivity index (χ1n) is 5.01. The quantitative estimate of drug-likeness (QED) is 0.727. The number of amides is 2. The normalized spacial score (nSPS) is 21.4. The maximum Gasteiger partial charge on any atom is 0.232 e. The summed E-state index contributed by atoms with van der Waals surface area (Å²) in [7, 11) is 0. The van der Waals surface area contributed by atoms with Gasteiger partial charge in [-0.05, 0) is 0 Å². The van der Waals surface area contributed by atoms with Gasteiger partial charge in [-0.3, -0.25) is 14.5 Å². The molecule has 80 valence electrons. The first kappa shape index (κ1) is 9.89. The number of carbonyl (C=O) groups is 2. The number of likely N-dealkylation sites (tertiary alicyclic amines) is 1. The molecule has 2 amide bonds. The Morgan fingerprint density at radius 1 is 1.60 bits per heavy atom. The maximum atomic E-state index is 11.5. The molecule has 0 bridgehead atoms. The Kier molecular flexibility index (Phi) is 2.53. The second kappa shape index (κ2) is 3.84. The monoisotopic (exact) mass is 207 g/mol. The van der Waals surface area contributed by atoms with Crippen LogP contribution in [0, 0.1) is 5.92 Å². The lowest BCUT2D eigenvalue weighted by atomic mass is 10.1. The van der Waals surface area contributed by atoms with E-state index in [2.05, 4.69) is 9.97 Å². The molecule has 0 spiro atoms. The van der Waals surface area contributed by atoms with Gasteiger partial charge in [-0.2, -0.15) is 0 Å². The average Bonchev–Trinajstić information content (AvgIpc) is 2.76. The third-order valence-electron chi connectivity index (χ3n) is 2.60. The lowest BCUT2D eigenvalue weighted by molar-refractivity contribution is -0.139. The highest BCUT2D eigenvalue weighted by atomic mass is 16.2. The van der Waals surface area contributed by atoms with E-state index in [-0.39, 0.29) is 17.7 Å². The van der Waals surface area contributed by atoms with Crippen LogP contribution < -0.4 is 0 Å². The number of rotatable bonds is 3. The predicted octanol–water partition coefficient (Wildman–Crippen LogP) is 0.347. The van der Waals surface area contributed by atoms with Gasteiger partial charge in [0.2, 0.25) is 11.8 Å². The van der Waals surface area contributed by atoms with Crippen molar-refractivity contribution in [1.29, 1.82) is 0 Å². The molecule has 15 heavy (non-hydrogen) atoms. The minimum Gasteiger partial charge on any atom is -0.349 e. The highest BCUT2D eigenvalue weighted by Crippen LogP contribution is 2.18. The lowest BCUT2D eigenvalue weighted by Crippen LogP contribution is -2.32. The molecule has 0 aliphatic carbocycles. The van der Waals surface area contributed by atoms with Gasteiger partial charge in [0.1, 0.15) is 5.82 Å². The van der Waals surface area contributed by atoms with Gasteiger partial charge in [-0.1, -0.05) is 6.92 Å². The molecule has 1 N–H and O–H groups in total. The van der Waals surface area contributed by atoms with Crippen molar-refractivity contribution in [2.75, 3.05) is 6.54 Å². The van der Waals surface area contributed by atoms with Gasteiger partial charge in [-0.15, -0.1) is 0 Å². The van der Waals surface area contributed by atoms with Crippen molar-refractivity contribution >= 4 is 11.8 Å². The van der Waals surface area contributed by atoms with Crippen LogP contribution in [-0.4, -0.2) is 33.2 Å². The Hall–Kier alpha value is -1.65. The molecule has 1 atom stereocenters. The Morgan fingerprint density at radius 2 is 2.40 bits per heavy atom. The van der Waals surface area contributed by atoms with Gasteiger partial charge in [0.15, 0.2) is 0 Å². The topological polar surface area (TPSA) is 66.1 Å². The molecule has 1 unspecified atom stereocenters. The number of carbonyl (C=O) groups excluding carboxylic acids is 2. The zero-order valence-electron chi connectivity index (χ0n) is 8.56. The van der Waals surface area contributed by atoms with E-state index in [4.69, 9.17) is 0 Å². The molecule has 0 aromatic carbocycles. The Balaban J connectivity index is 1.95. The largest absolute Gasteiger partial charge is 0.349 e. The van der Waals surface area contributed by atoms with Crippen molar-refractivity contribution in [2.45, 2.75) is 19.8 Å². The Bertz CT molecular complexity index is 372. The number of nitrogens with one attached hydrogen (secondary N) is 1. The van der Waals surface area contributed by atoms with E-state index in [0.717, 1.165) is 5.82 Å². The Morgan fingerprint density at radius 3 is 2.93 bits per heavy atom. The number of aromatic amines is 1. The minimum absolute atomic E-state index is 0.0634. The molecule has 0 radical (unpaired) electrons. The van der Waals surface area contributed by atoms with Crippen molar-refractivity contribution in [3.05, 3.63) is 18.2 Å². The molecule has 1 fully saturated rings. The predicted molar refractivity (Wildman–Crippen MR) is 52.8 cm³/mol. The standard InChI is InChI=1S/C10H13N3O2/c1-7-6-9(14)13(10(7)15)5-2-8-11-3-4-12-8/h3-4,7H,2,5-6H2,1H3,(H,11,12). The third-order valence-corrected chi connectivity index (χ3v) is 2.60. The SMILES string of the molecule is CC1CC(=O)N(CCc2ncc[nH]2)C1=O. The van der Waals surface area contributed by atoms with Crippen LogP contribution >= 0.6 is 0 Å². The van der Waals surface area contributed by atoms with Crippen molar-refractivity contribution in [2.24, 2.45) is 5.92 Å². The van der Waals surface area contributed by atoms with Crippen LogP contribution in [0.3, 0.4) is 0 Å². The summed E-state index contributed by atoms with van der Waals surface area (Å²) in [6.07, 6.45) is 4.32. The number of imidazole rings is 1. The van der Waals surface area contributed by atoms with Crippen LogP contribution in [0.5, 0.6) is 0 Å². The summed E-state index contributed by atoms with van der Waals surface area (Å²) in [4.78, 5) is 31.3. The number of hydrogen-bond donors (Lipinski definition) is 1. The van der Waals surface area contributed by atoms with Crippen molar-refractivity contribution < 1.29 is 9.59 Å². The van der Waals surface area contributed by atoms with Crippen molar-refractivity contribution in [3.8, 4) is 0 Å². The molecule has 0 saturated carbocycles. The summed E-state index contributed by atoms with van der Waals surface area (Å²) in [6, 6.07) is 0. The first-order chi connectivity index (χ1) is 7.18. The molecule has 1 aliphatic rings. The van der Waals surface area contributed by atoms with Crippen LogP contribution in [-0.2, 0) is 16.0 Å². The fourth-order valence-electron chi connectivity index (χ4n) is 1.74. The lowest BCUT2D eigenvalue weighted by Gasteiger charge is -2.12. The van der Waals surface area contributed by atoms with Gasteiger partial charge < -0.3 is 4.98 Å². The van der Waals surface area contributed by atoms with Crippen LogP contribution in [0.2, 0.25) is 0 Å². The van der Waals surface area contributed by atoms with E-state index >= 15 is 0 Å². The van der Waals surface area contributed by atoms with E-state index in [9.17, 15) is 9.59 Å². The summed E-state index contributed by atoms with van der Waals surface area (Å²) in [5.74, 6) is 0.509. The van der Waals surface area contributed by atoms with Gasteiger partial charge >= 0.3 is 0 Å². The van der Waals surface area contributed by atoms with Crippen LogP contribution in [0.4, 0.5) is 0 Å². The second-order valence-corrected chi connectivity index (χ2v) is 3.77. The number of imide groups is 1. The maximum absolute atomic E-state index is 11.5. The van der Waals surface area contributed by atoms with Gasteiger partial charge in [0, 0.05) is 37.7 Å². The number of aromatic nitrogens is 2. The average molecular weight is 207 g/mol. The van der Waals surface area contributed by atoms with E-state index in [1.54, 1.807) is 19.3 Å². The molecule has 2 rings (SSSR count). The molecule has 1 aromatic heterocycles. The fraction of sp³-hybridized carbons (Fsp3) is 0.500. The number of H-pyrrole nitrogens is 1. The molecule has 2 heterocycles. The summed E-state index contributed by atoms with van der Waals surface area (Å²) in [5.41, 5.74) is 0. The van der Waals surface area contributed by atoms with E-state index in [1.165, 1.54) is 4.90 Å². The summed E-state index contributed by atoms with van der Waals surface area (Å²) < 4.78 is 0. The summed E-state index contributed by atoms with van der Waals surface area (Å²) in [6.45, 7) is 2.21. The molecular weight excluding hydrogens is 194 g/mol. The van der Waals surface area contributed by atoms with Gasteiger partial charge in [0.25, 0.3) is 0 Å². The molecule has 5 nitrogen and oxygen atoms in total. The van der Waals surface area contributed by atoms with Gasteiger partial charge in [-0.25, -0.2) is 4.98 Å². The molecule has 1 saturated heterocycles. The van der Waals surface area contributed by atoms with Gasteiger partial charge in [0.05, 0.1) is 0 Å². The van der Waals surface area contributed by atoms with E-state index in [0.29, 0.717) is 19.4 Å². The van der Waals surface area contributed by atoms with Crippen molar-refractivity contribution in [1.82, 2.24) is 14.9 Å². The number of hydrogen-bond acceptors (Lipinski definition) is 3. The minimum atomic E-state index is -0.158.